The zero-order chi connectivity index (χ0) is 15.1. The van der Waals surface area contributed by atoms with Crippen LogP contribution in [0.25, 0.3) is 0 Å². The summed E-state index contributed by atoms with van der Waals surface area (Å²) in [5, 5.41) is 2.86. The lowest BCUT2D eigenvalue weighted by atomic mass is 10.1. The van der Waals surface area contributed by atoms with Crippen molar-refractivity contribution in [3.8, 4) is 0 Å². The van der Waals surface area contributed by atoms with Gasteiger partial charge in [-0.25, -0.2) is 0 Å². The van der Waals surface area contributed by atoms with Crippen LogP contribution in [0.3, 0.4) is 0 Å². The molecule has 0 saturated carbocycles. The molecule has 0 spiro atoms. The molecule has 1 saturated heterocycles. The summed E-state index contributed by atoms with van der Waals surface area (Å²) in [4.78, 5) is 14.2. The average Bonchev–Trinajstić information content (AvgIpc) is 2.50. The highest BCUT2D eigenvalue weighted by molar-refractivity contribution is 5.94. The number of nitrogens with zero attached hydrogens (tertiary/aromatic N) is 1. The lowest BCUT2D eigenvalue weighted by Crippen LogP contribution is -2.35. The fraction of sp³-hybridized carbons (Fsp3) is 0.562. The average molecular weight is 291 g/mol. The predicted molar refractivity (Wildman–Crippen MR) is 84.1 cm³/mol. The minimum absolute atomic E-state index is 0.113. The summed E-state index contributed by atoms with van der Waals surface area (Å²) in [5.74, 6) is -0.113. The summed E-state index contributed by atoms with van der Waals surface area (Å²) in [5.41, 5.74) is 7.84. The van der Waals surface area contributed by atoms with Gasteiger partial charge in [0.25, 0.3) is 0 Å². The van der Waals surface area contributed by atoms with Gasteiger partial charge in [-0.3, -0.25) is 9.69 Å². The van der Waals surface area contributed by atoms with Gasteiger partial charge in [0.2, 0.25) is 5.91 Å². The minimum Gasteiger partial charge on any atom is -0.379 e. The third kappa shape index (κ3) is 5.12. The molecule has 1 aromatic carbocycles. The van der Waals surface area contributed by atoms with Gasteiger partial charge in [-0.05, 0) is 24.1 Å². The van der Waals surface area contributed by atoms with Crippen molar-refractivity contribution in [1.29, 1.82) is 0 Å². The number of hydrogen-bond acceptors (Lipinski definition) is 4. The van der Waals surface area contributed by atoms with Crippen molar-refractivity contribution in [2.45, 2.75) is 32.4 Å². The van der Waals surface area contributed by atoms with Gasteiger partial charge in [0.15, 0.2) is 0 Å². The molecule has 1 aromatic rings. The number of nitrogens with one attached hydrogen (secondary N) is 1. The maximum Gasteiger partial charge on any atom is 0.241 e. The maximum atomic E-state index is 11.8. The molecule has 0 aromatic heterocycles. The molecule has 1 amide bonds. The number of nitrogens with two attached hydrogens (primary N) is 1. The first kappa shape index (κ1) is 15.9. The Morgan fingerprint density at radius 3 is 2.62 bits per heavy atom. The van der Waals surface area contributed by atoms with Crippen LogP contribution in [0.15, 0.2) is 24.3 Å². The number of rotatable bonds is 6. The van der Waals surface area contributed by atoms with Gasteiger partial charge in [0.1, 0.15) is 0 Å². The largest absolute Gasteiger partial charge is 0.379 e. The van der Waals surface area contributed by atoms with Crippen molar-refractivity contribution >= 4 is 11.6 Å². The van der Waals surface area contributed by atoms with Crippen LogP contribution in [0.5, 0.6) is 0 Å². The van der Waals surface area contributed by atoms with E-state index >= 15 is 0 Å². The molecule has 116 valence electrons. The van der Waals surface area contributed by atoms with E-state index in [1.165, 1.54) is 5.56 Å². The van der Waals surface area contributed by atoms with Gasteiger partial charge in [0.05, 0.1) is 19.3 Å². The summed E-state index contributed by atoms with van der Waals surface area (Å²) in [6.07, 6.45) is 1.62. The standard InChI is InChI=1S/C16H25N3O2/c1-2-3-15(17)16(20)18-14-6-4-13(5-7-14)12-19-8-10-21-11-9-19/h4-7,15H,2-3,8-12,17H2,1H3,(H,18,20)/t15-/m0/s1. The minimum atomic E-state index is -0.428. The van der Waals surface area contributed by atoms with Gasteiger partial charge < -0.3 is 15.8 Å². The van der Waals surface area contributed by atoms with Crippen LogP contribution < -0.4 is 11.1 Å². The molecule has 0 bridgehead atoms. The van der Waals surface area contributed by atoms with E-state index in [2.05, 4.69) is 22.3 Å². The second kappa shape index (κ2) is 8.12. The first-order valence-electron chi connectivity index (χ1n) is 7.64. The number of carbonyl (C=O) groups is 1. The SMILES string of the molecule is CCC[C@H](N)C(=O)Nc1ccc(CN2CCOCC2)cc1. The van der Waals surface area contributed by atoms with E-state index in [0.717, 1.165) is 45.0 Å². The predicted octanol–water partition coefficient (Wildman–Crippen LogP) is 1.58. The molecule has 1 atom stereocenters. The van der Waals surface area contributed by atoms with Gasteiger partial charge in [-0.15, -0.1) is 0 Å². The van der Waals surface area contributed by atoms with E-state index < -0.39 is 6.04 Å². The monoisotopic (exact) mass is 291 g/mol. The Balaban J connectivity index is 1.85. The second-order valence-electron chi connectivity index (χ2n) is 5.47. The Morgan fingerprint density at radius 1 is 1.33 bits per heavy atom. The zero-order valence-electron chi connectivity index (χ0n) is 12.7. The molecule has 5 nitrogen and oxygen atoms in total. The highest BCUT2D eigenvalue weighted by Gasteiger charge is 2.13. The molecule has 5 heteroatoms. The normalized spacial score (nSPS) is 17.4. The molecule has 0 unspecified atom stereocenters. The van der Waals surface area contributed by atoms with Gasteiger partial charge >= 0.3 is 0 Å². The van der Waals surface area contributed by atoms with Gasteiger partial charge in [0, 0.05) is 25.3 Å². The number of anilines is 1. The number of hydrogen-bond donors (Lipinski definition) is 2. The molecule has 1 aliphatic rings. The van der Waals surface area contributed by atoms with Crippen LogP contribution >= 0.6 is 0 Å². The summed E-state index contributed by atoms with van der Waals surface area (Å²) >= 11 is 0. The molecule has 1 aliphatic heterocycles. The van der Waals surface area contributed by atoms with Crippen LogP contribution in [-0.4, -0.2) is 43.2 Å². The van der Waals surface area contributed by atoms with E-state index in [0.29, 0.717) is 6.42 Å². The van der Waals surface area contributed by atoms with E-state index in [-0.39, 0.29) is 5.91 Å². The number of benzene rings is 1. The summed E-state index contributed by atoms with van der Waals surface area (Å²) in [6, 6.07) is 7.55. The Labute approximate surface area is 126 Å². The van der Waals surface area contributed by atoms with E-state index in [9.17, 15) is 4.79 Å². The zero-order valence-corrected chi connectivity index (χ0v) is 12.7. The number of morpholine rings is 1. The number of ether oxygens (including phenoxy) is 1. The van der Waals surface area contributed by atoms with Gasteiger partial charge in [-0.2, -0.15) is 0 Å². The fourth-order valence-corrected chi connectivity index (χ4v) is 2.39. The highest BCUT2D eigenvalue weighted by atomic mass is 16.5. The summed E-state index contributed by atoms with van der Waals surface area (Å²) in [6.45, 7) is 6.52. The lowest BCUT2D eigenvalue weighted by molar-refractivity contribution is -0.117. The Morgan fingerprint density at radius 2 is 2.00 bits per heavy atom. The van der Waals surface area contributed by atoms with Crippen molar-refractivity contribution < 1.29 is 9.53 Å². The van der Waals surface area contributed by atoms with Crippen LogP contribution in [0.4, 0.5) is 5.69 Å². The van der Waals surface area contributed by atoms with Crippen LogP contribution in [0.1, 0.15) is 25.3 Å². The fourth-order valence-electron chi connectivity index (χ4n) is 2.39. The molecule has 21 heavy (non-hydrogen) atoms. The molecule has 3 N–H and O–H groups in total. The van der Waals surface area contributed by atoms with Crippen molar-refractivity contribution in [3.63, 3.8) is 0 Å². The topological polar surface area (TPSA) is 67.6 Å². The molecular weight excluding hydrogens is 266 g/mol. The summed E-state index contributed by atoms with van der Waals surface area (Å²) in [7, 11) is 0. The molecule has 1 heterocycles. The van der Waals surface area contributed by atoms with E-state index in [1.807, 2.05) is 19.1 Å². The van der Waals surface area contributed by atoms with E-state index in [1.54, 1.807) is 0 Å². The number of amides is 1. The molecule has 2 rings (SSSR count). The Kier molecular flexibility index (Phi) is 6.17. The quantitative estimate of drug-likeness (QED) is 0.835. The van der Waals surface area contributed by atoms with Crippen molar-refractivity contribution in [2.75, 3.05) is 31.6 Å². The van der Waals surface area contributed by atoms with Gasteiger partial charge in [-0.1, -0.05) is 25.5 Å². The second-order valence-corrected chi connectivity index (χ2v) is 5.47. The van der Waals surface area contributed by atoms with Crippen LogP contribution in [-0.2, 0) is 16.1 Å². The van der Waals surface area contributed by atoms with Crippen LogP contribution in [0.2, 0.25) is 0 Å². The molecule has 0 aliphatic carbocycles. The first-order chi connectivity index (χ1) is 10.2. The molecule has 0 radical (unpaired) electrons. The molecule has 1 fully saturated rings. The highest BCUT2D eigenvalue weighted by Crippen LogP contribution is 2.13. The maximum absolute atomic E-state index is 11.8. The third-order valence-corrected chi connectivity index (χ3v) is 3.67. The Hall–Kier alpha value is -1.43. The van der Waals surface area contributed by atoms with Crippen molar-refractivity contribution in [3.05, 3.63) is 29.8 Å². The molecular formula is C16H25N3O2. The smallest absolute Gasteiger partial charge is 0.241 e. The summed E-state index contributed by atoms with van der Waals surface area (Å²) < 4.78 is 5.34. The number of carbonyl (C=O) groups excluding carboxylic acids is 1. The lowest BCUT2D eigenvalue weighted by Gasteiger charge is -2.26. The van der Waals surface area contributed by atoms with Crippen molar-refractivity contribution in [2.24, 2.45) is 5.73 Å². The third-order valence-electron chi connectivity index (χ3n) is 3.67. The first-order valence-corrected chi connectivity index (χ1v) is 7.64. The van der Waals surface area contributed by atoms with Crippen molar-refractivity contribution in [1.82, 2.24) is 4.90 Å². The van der Waals surface area contributed by atoms with E-state index in [4.69, 9.17) is 10.5 Å². The van der Waals surface area contributed by atoms with Crippen LogP contribution in [0, 0.1) is 0 Å². The Bertz CT molecular complexity index is 441.